The third-order valence-electron chi connectivity index (χ3n) is 3.60. The molecule has 96 valence electrons. The van der Waals surface area contributed by atoms with E-state index >= 15 is 0 Å². The van der Waals surface area contributed by atoms with Gasteiger partial charge in [-0.25, -0.2) is 0 Å². The average molecular weight is 238 g/mol. The Morgan fingerprint density at radius 1 is 1.24 bits per heavy atom. The van der Waals surface area contributed by atoms with E-state index in [2.05, 4.69) is 12.2 Å². The van der Waals surface area contributed by atoms with E-state index < -0.39 is 0 Å². The fourth-order valence-corrected chi connectivity index (χ4v) is 2.40. The molecule has 2 aliphatic rings. The summed E-state index contributed by atoms with van der Waals surface area (Å²) in [5.74, 6) is 0.561. The lowest BCUT2D eigenvalue weighted by Crippen LogP contribution is -2.58. The molecule has 1 aliphatic carbocycles. The summed E-state index contributed by atoms with van der Waals surface area (Å²) in [6, 6.07) is -0.220. The second-order valence-corrected chi connectivity index (χ2v) is 5.20. The van der Waals surface area contributed by atoms with E-state index in [4.69, 9.17) is 0 Å². The first kappa shape index (κ1) is 12.4. The zero-order valence-corrected chi connectivity index (χ0v) is 10.6. The third-order valence-corrected chi connectivity index (χ3v) is 3.60. The highest BCUT2D eigenvalue weighted by molar-refractivity contribution is 5.95. The van der Waals surface area contributed by atoms with E-state index in [-0.39, 0.29) is 24.4 Å². The van der Waals surface area contributed by atoms with Crippen LogP contribution in [0.5, 0.6) is 0 Å². The number of rotatable bonds is 6. The van der Waals surface area contributed by atoms with E-state index in [1.165, 1.54) is 12.8 Å². The van der Waals surface area contributed by atoms with Gasteiger partial charge >= 0.3 is 0 Å². The fourth-order valence-electron chi connectivity index (χ4n) is 2.40. The van der Waals surface area contributed by atoms with Gasteiger partial charge in [-0.1, -0.05) is 26.2 Å². The summed E-state index contributed by atoms with van der Waals surface area (Å²) in [4.78, 5) is 25.4. The molecule has 2 rings (SSSR count). The lowest BCUT2D eigenvalue weighted by molar-refractivity contribution is -0.144. The molecule has 0 radical (unpaired) electrons. The highest BCUT2D eigenvalue weighted by atomic mass is 16.2. The minimum atomic E-state index is -0.220. The van der Waals surface area contributed by atoms with Gasteiger partial charge in [0, 0.05) is 6.54 Å². The molecule has 1 N–H and O–H groups in total. The van der Waals surface area contributed by atoms with Crippen LogP contribution < -0.4 is 5.32 Å². The van der Waals surface area contributed by atoms with Crippen molar-refractivity contribution < 1.29 is 9.59 Å². The zero-order valence-electron chi connectivity index (χ0n) is 10.6. The Morgan fingerprint density at radius 3 is 2.65 bits per heavy atom. The lowest BCUT2D eigenvalue weighted by atomic mass is 10.1. The van der Waals surface area contributed by atoms with Crippen LogP contribution in [0, 0.1) is 5.92 Å². The molecule has 1 aliphatic heterocycles. The van der Waals surface area contributed by atoms with Crippen LogP contribution in [0.2, 0.25) is 0 Å². The van der Waals surface area contributed by atoms with Gasteiger partial charge in [-0.3, -0.25) is 9.59 Å². The topological polar surface area (TPSA) is 49.4 Å². The van der Waals surface area contributed by atoms with Gasteiger partial charge in [-0.2, -0.15) is 0 Å². The maximum atomic E-state index is 12.1. The second kappa shape index (κ2) is 5.52. The molecule has 1 atom stereocenters. The molecule has 0 aromatic carbocycles. The molecule has 0 aromatic rings. The standard InChI is InChI=1S/C13H22N2O2/c1-2-3-4-5-8-15-9-11(16)14-12(13(15)17)10-6-7-10/h10,12H,2-9H2,1H3,(H,14,16). The Morgan fingerprint density at radius 2 is 2.00 bits per heavy atom. The Hall–Kier alpha value is -1.06. The molecule has 0 spiro atoms. The van der Waals surface area contributed by atoms with Crippen molar-refractivity contribution in [3.05, 3.63) is 0 Å². The number of carbonyl (C=O) groups excluding carboxylic acids is 2. The largest absolute Gasteiger partial charge is 0.342 e. The highest BCUT2D eigenvalue weighted by Gasteiger charge is 2.42. The second-order valence-electron chi connectivity index (χ2n) is 5.20. The van der Waals surface area contributed by atoms with Crippen LogP contribution in [0.3, 0.4) is 0 Å². The molecule has 1 heterocycles. The van der Waals surface area contributed by atoms with E-state index in [1.54, 1.807) is 4.90 Å². The van der Waals surface area contributed by atoms with Crippen LogP contribution >= 0.6 is 0 Å². The predicted molar refractivity (Wildman–Crippen MR) is 65.4 cm³/mol. The SMILES string of the molecule is CCCCCCN1CC(=O)NC(C2CC2)C1=O. The summed E-state index contributed by atoms with van der Waals surface area (Å²) >= 11 is 0. The molecular formula is C13H22N2O2. The van der Waals surface area contributed by atoms with Crippen molar-refractivity contribution in [1.29, 1.82) is 0 Å². The Bertz CT molecular complexity index is 300. The zero-order chi connectivity index (χ0) is 12.3. The van der Waals surface area contributed by atoms with E-state index in [0.717, 1.165) is 32.2 Å². The minimum absolute atomic E-state index is 0.0111. The molecule has 1 saturated carbocycles. The van der Waals surface area contributed by atoms with Crippen molar-refractivity contribution in [3.8, 4) is 0 Å². The van der Waals surface area contributed by atoms with Crippen LogP contribution in [0.1, 0.15) is 45.4 Å². The number of amides is 2. The first-order chi connectivity index (χ1) is 8.22. The first-order valence-corrected chi connectivity index (χ1v) is 6.80. The monoisotopic (exact) mass is 238 g/mol. The van der Waals surface area contributed by atoms with Gasteiger partial charge in [0.2, 0.25) is 11.8 Å². The van der Waals surface area contributed by atoms with Crippen LogP contribution in [-0.4, -0.2) is 35.8 Å². The summed E-state index contributed by atoms with van der Waals surface area (Å²) < 4.78 is 0. The van der Waals surface area contributed by atoms with Crippen LogP contribution in [0.15, 0.2) is 0 Å². The molecule has 1 unspecified atom stereocenters. The van der Waals surface area contributed by atoms with Gasteiger partial charge in [-0.05, 0) is 25.2 Å². The smallest absolute Gasteiger partial charge is 0.245 e. The highest BCUT2D eigenvalue weighted by Crippen LogP contribution is 2.34. The Balaban J connectivity index is 1.82. The van der Waals surface area contributed by atoms with Crippen molar-refractivity contribution in [1.82, 2.24) is 10.2 Å². The van der Waals surface area contributed by atoms with Crippen LogP contribution in [0.4, 0.5) is 0 Å². The van der Waals surface area contributed by atoms with Gasteiger partial charge in [0.25, 0.3) is 0 Å². The summed E-state index contributed by atoms with van der Waals surface area (Å²) in [5.41, 5.74) is 0. The molecule has 0 aromatic heterocycles. The van der Waals surface area contributed by atoms with Gasteiger partial charge in [-0.15, -0.1) is 0 Å². The molecule has 17 heavy (non-hydrogen) atoms. The number of unbranched alkanes of at least 4 members (excludes halogenated alkanes) is 3. The quantitative estimate of drug-likeness (QED) is 0.709. The Labute approximate surface area is 103 Å². The van der Waals surface area contributed by atoms with Crippen molar-refractivity contribution in [2.24, 2.45) is 5.92 Å². The maximum Gasteiger partial charge on any atom is 0.245 e. The van der Waals surface area contributed by atoms with Gasteiger partial charge in [0.1, 0.15) is 6.04 Å². The normalized spacial score (nSPS) is 25.0. The molecule has 2 fully saturated rings. The summed E-state index contributed by atoms with van der Waals surface area (Å²) in [5, 5.41) is 2.83. The molecular weight excluding hydrogens is 216 g/mol. The number of carbonyl (C=O) groups is 2. The van der Waals surface area contributed by atoms with Crippen LogP contribution in [0.25, 0.3) is 0 Å². The number of piperazine rings is 1. The number of hydrogen-bond acceptors (Lipinski definition) is 2. The fraction of sp³-hybridized carbons (Fsp3) is 0.846. The van der Waals surface area contributed by atoms with Crippen LogP contribution in [-0.2, 0) is 9.59 Å². The predicted octanol–water partition coefficient (Wildman–Crippen LogP) is 1.30. The Kier molecular flexibility index (Phi) is 4.02. The molecule has 4 nitrogen and oxygen atoms in total. The van der Waals surface area contributed by atoms with E-state index in [9.17, 15) is 9.59 Å². The minimum Gasteiger partial charge on any atom is -0.342 e. The number of nitrogens with one attached hydrogen (secondary N) is 1. The van der Waals surface area contributed by atoms with Crippen molar-refractivity contribution in [2.75, 3.05) is 13.1 Å². The summed E-state index contributed by atoms with van der Waals surface area (Å²) in [7, 11) is 0. The molecule has 0 bridgehead atoms. The summed E-state index contributed by atoms with van der Waals surface area (Å²) in [6.45, 7) is 3.17. The number of nitrogens with zero attached hydrogens (tertiary/aromatic N) is 1. The van der Waals surface area contributed by atoms with Crippen molar-refractivity contribution >= 4 is 11.8 Å². The van der Waals surface area contributed by atoms with Crippen molar-refractivity contribution in [2.45, 2.75) is 51.5 Å². The summed E-state index contributed by atoms with van der Waals surface area (Å²) in [6.07, 6.45) is 6.74. The van der Waals surface area contributed by atoms with E-state index in [0.29, 0.717) is 5.92 Å². The van der Waals surface area contributed by atoms with Gasteiger partial charge < -0.3 is 10.2 Å². The first-order valence-electron chi connectivity index (χ1n) is 6.80. The maximum absolute atomic E-state index is 12.1. The lowest BCUT2D eigenvalue weighted by Gasteiger charge is -2.32. The molecule has 1 saturated heterocycles. The van der Waals surface area contributed by atoms with E-state index in [1.807, 2.05) is 0 Å². The van der Waals surface area contributed by atoms with Gasteiger partial charge in [0.15, 0.2) is 0 Å². The third kappa shape index (κ3) is 3.20. The average Bonchev–Trinajstić information content (AvgIpc) is 3.12. The molecule has 2 amide bonds. The molecule has 4 heteroatoms. The number of hydrogen-bond donors (Lipinski definition) is 1. The van der Waals surface area contributed by atoms with Crippen molar-refractivity contribution in [3.63, 3.8) is 0 Å². The van der Waals surface area contributed by atoms with Gasteiger partial charge in [0.05, 0.1) is 6.54 Å².